The second kappa shape index (κ2) is 5.02. The maximum atomic E-state index is 9.37. The number of fused-ring (bicyclic) bond motifs is 1. The topological polar surface area (TPSA) is 100 Å². The SMILES string of the molecule is NNc1cn2ccnc2c(NC2CCCC2CO)n1. The molecule has 2 atom stereocenters. The van der Waals surface area contributed by atoms with Crippen molar-refractivity contribution >= 4 is 17.3 Å². The maximum absolute atomic E-state index is 9.37. The minimum absolute atomic E-state index is 0.206. The second-order valence-electron chi connectivity index (χ2n) is 4.90. The Hall–Kier alpha value is -1.86. The van der Waals surface area contributed by atoms with E-state index in [9.17, 15) is 5.11 Å². The van der Waals surface area contributed by atoms with Gasteiger partial charge in [0.25, 0.3) is 0 Å². The van der Waals surface area contributed by atoms with Crippen LogP contribution in [-0.2, 0) is 0 Å². The molecule has 0 amide bonds. The van der Waals surface area contributed by atoms with Gasteiger partial charge in [0.15, 0.2) is 17.3 Å². The van der Waals surface area contributed by atoms with Crippen LogP contribution < -0.4 is 16.6 Å². The summed E-state index contributed by atoms with van der Waals surface area (Å²) < 4.78 is 1.87. The number of nitrogens with one attached hydrogen (secondary N) is 2. The Balaban J connectivity index is 1.92. The molecule has 1 aliphatic carbocycles. The van der Waals surface area contributed by atoms with Gasteiger partial charge in [0.2, 0.25) is 0 Å². The van der Waals surface area contributed by atoms with Crippen LogP contribution in [0.3, 0.4) is 0 Å². The molecule has 1 aliphatic rings. The molecular weight excluding hydrogens is 244 g/mol. The lowest BCUT2D eigenvalue weighted by atomic mass is 10.1. The number of aliphatic hydroxyl groups is 1. The first-order valence-corrected chi connectivity index (χ1v) is 6.49. The fourth-order valence-electron chi connectivity index (χ4n) is 2.72. The van der Waals surface area contributed by atoms with Gasteiger partial charge < -0.3 is 20.2 Å². The highest BCUT2D eigenvalue weighted by Gasteiger charge is 2.27. The summed E-state index contributed by atoms with van der Waals surface area (Å²) in [5, 5.41) is 12.8. The lowest BCUT2D eigenvalue weighted by Gasteiger charge is -2.20. The van der Waals surface area contributed by atoms with Crippen LogP contribution in [0.2, 0.25) is 0 Å². The Morgan fingerprint density at radius 1 is 1.47 bits per heavy atom. The molecule has 2 aromatic rings. The molecule has 0 saturated heterocycles. The highest BCUT2D eigenvalue weighted by Crippen LogP contribution is 2.29. The second-order valence-corrected chi connectivity index (χ2v) is 4.90. The average Bonchev–Trinajstić information content (AvgIpc) is 3.06. The van der Waals surface area contributed by atoms with Crippen LogP contribution in [0.15, 0.2) is 18.6 Å². The third-order valence-electron chi connectivity index (χ3n) is 3.74. The van der Waals surface area contributed by atoms with Gasteiger partial charge in [-0.1, -0.05) is 6.42 Å². The van der Waals surface area contributed by atoms with Crippen molar-refractivity contribution in [1.82, 2.24) is 14.4 Å². The van der Waals surface area contributed by atoms with Gasteiger partial charge in [-0.3, -0.25) is 0 Å². The molecule has 0 aliphatic heterocycles. The minimum atomic E-state index is 0.206. The Morgan fingerprint density at radius 2 is 2.37 bits per heavy atom. The number of nitrogens with zero attached hydrogens (tertiary/aromatic N) is 3. The third-order valence-corrected chi connectivity index (χ3v) is 3.74. The van der Waals surface area contributed by atoms with E-state index in [1.54, 1.807) is 12.4 Å². The molecule has 2 unspecified atom stereocenters. The molecule has 2 heterocycles. The zero-order chi connectivity index (χ0) is 13.2. The number of imidazole rings is 1. The number of aromatic nitrogens is 3. The Labute approximate surface area is 110 Å². The van der Waals surface area contributed by atoms with Crippen LogP contribution in [-0.4, -0.2) is 32.1 Å². The van der Waals surface area contributed by atoms with Crippen LogP contribution in [0, 0.1) is 5.92 Å². The van der Waals surface area contributed by atoms with Gasteiger partial charge in [0.05, 0.1) is 6.20 Å². The van der Waals surface area contributed by atoms with E-state index in [4.69, 9.17) is 5.84 Å². The van der Waals surface area contributed by atoms with Crippen molar-refractivity contribution in [3.63, 3.8) is 0 Å². The summed E-state index contributed by atoms with van der Waals surface area (Å²) in [5.41, 5.74) is 3.32. The van der Waals surface area contributed by atoms with Gasteiger partial charge in [0.1, 0.15) is 0 Å². The van der Waals surface area contributed by atoms with E-state index < -0.39 is 0 Å². The molecule has 0 radical (unpaired) electrons. The highest BCUT2D eigenvalue weighted by atomic mass is 16.3. The molecular formula is C12H18N6O. The molecule has 0 spiro atoms. The average molecular weight is 262 g/mol. The summed E-state index contributed by atoms with van der Waals surface area (Å²) in [7, 11) is 0. The number of hydrogen-bond acceptors (Lipinski definition) is 6. The van der Waals surface area contributed by atoms with E-state index >= 15 is 0 Å². The van der Waals surface area contributed by atoms with E-state index in [2.05, 4.69) is 20.7 Å². The summed E-state index contributed by atoms with van der Waals surface area (Å²) in [4.78, 5) is 8.71. The monoisotopic (exact) mass is 262 g/mol. The Bertz CT molecular complexity index is 568. The molecule has 102 valence electrons. The normalized spacial score (nSPS) is 22.8. The zero-order valence-corrected chi connectivity index (χ0v) is 10.6. The van der Waals surface area contributed by atoms with E-state index in [0.29, 0.717) is 11.6 Å². The fraction of sp³-hybridized carbons (Fsp3) is 0.500. The molecule has 1 fully saturated rings. The highest BCUT2D eigenvalue weighted by molar-refractivity contribution is 5.65. The molecule has 1 saturated carbocycles. The van der Waals surface area contributed by atoms with Crippen molar-refractivity contribution in [2.75, 3.05) is 17.3 Å². The lowest BCUT2D eigenvalue weighted by Crippen LogP contribution is -2.27. The molecule has 19 heavy (non-hydrogen) atoms. The maximum Gasteiger partial charge on any atom is 0.180 e. The summed E-state index contributed by atoms with van der Waals surface area (Å²) in [6.45, 7) is 0.206. The molecule has 3 rings (SSSR count). The first-order chi connectivity index (χ1) is 9.31. The Morgan fingerprint density at radius 3 is 3.16 bits per heavy atom. The van der Waals surface area contributed by atoms with Gasteiger partial charge in [-0.05, 0) is 12.8 Å². The van der Waals surface area contributed by atoms with Crippen molar-refractivity contribution in [3.8, 4) is 0 Å². The third kappa shape index (κ3) is 2.22. The van der Waals surface area contributed by atoms with Crippen LogP contribution in [0.25, 0.3) is 5.65 Å². The van der Waals surface area contributed by atoms with Crippen LogP contribution in [0.5, 0.6) is 0 Å². The standard InChI is InChI=1S/C12H18N6O/c13-17-10-6-18-5-4-14-12(18)11(16-10)15-9-3-1-2-8(9)7-19/h4-6,8-9,17,19H,1-3,7,13H2,(H,15,16). The largest absolute Gasteiger partial charge is 0.396 e. The van der Waals surface area contributed by atoms with Crippen molar-refractivity contribution in [2.24, 2.45) is 11.8 Å². The Kier molecular flexibility index (Phi) is 3.22. The molecule has 0 bridgehead atoms. The summed E-state index contributed by atoms with van der Waals surface area (Å²) in [5.74, 6) is 6.99. The zero-order valence-electron chi connectivity index (χ0n) is 10.6. The van der Waals surface area contributed by atoms with Gasteiger partial charge >= 0.3 is 0 Å². The number of rotatable bonds is 4. The molecule has 7 nitrogen and oxygen atoms in total. The predicted octanol–water partition coefficient (Wildman–Crippen LogP) is 0.588. The van der Waals surface area contributed by atoms with Crippen molar-refractivity contribution in [2.45, 2.75) is 25.3 Å². The summed E-state index contributed by atoms with van der Waals surface area (Å²) >= 11 is 0. The number of hydrazine groups is 1. The first-order valence-electron chi connectivity index (χ1n) is 6.49. The smallest absolute Gasteiger partial charge is 0.180 e. The predicted molar refractivity (Wildman–Crippen MR) is 72.6 cm³/mol. The molecule has 5 N–H and O–H groups in total. The van der Waals surface area contributed by atoms with Gasteiger partial charge in [-0.25, -0.2) is 15.8 Å². The summed E-state index contributed by atoms with van der Waals surface area (Å²) in [6, 6.07) is 0.242. The quantitative estimate of drug-likeness (QED) is 0.475. The number of hydrogen-bond donors (Lipinski definition) is 4. The van der Waals surface area contributed by atoms with Gasteiger partial charge in [-0.2, -0.15) is 0 Å². The number of nitrogens with two attached hydrogens (primary N) is 1. The van der Waals surface area contributed by atoms with Crippen LogP contribution >= 0.6 is 0 Å². The molecule has 0 aromatic carbocycles. The molecule has 7 heteroatoms. The lowest BCUT2D eigenvalue weighted by molar-refractivity contribution is 0.222. The van der Waals surface area contributed by atoms with E-state index in [-0.39, 0.29) is 18.6 Å². The number of nitrogen functional groups attached to an aromatic ring is 1. The fourth-order valence-corrected chi connectivity index (χ4v) is 2.72. The van der Waals surface area contributed by atoms with Crippen molar-refractivity contribution in [3.05, 3.63) is 18.6 Å². The van der Waals surface area contributed by atoms with Crippen LogP contribution in [0.4, 0.5) is 11.6 Å². The van der Waals surface area contributed by atoms with E-state index in [1.807, 2.05) is 10.6 Å². The van der Waals surface area contributed by atoms with E-state index in [0.717, 1.165) is 24.9 Å². The molecule has 2 aromatic heterocycles. The minimum Gasteiger partial charge on any atom is -0.396 e. The van der Waals surface area contributed by atoms with Gasteiger partial charge in [-0.15, -0.1) is 0 Å². The van der Waals surface area contributed by atoms with Gasteiger partial charge in [0, 0.05) is 31.0 Å². The van der Waals surface area contributed by atoms with Crippen LogP contribution in [0.1, 0.15) is 19.3 Å². The summed E-state index contributed by atoms with van der Waals surface area (Å²) in [6.07, 6.45) is 8.57. The number of aliphatic hydroxyl groups excluding tert-OH is 1. The van der Waals surface area contributed by atoms with Crippen molar-refractivity contribution in [1.29, 1.82) is 0 Å². The van der Waals surface area contributed by atoms with Crippen molar-refractivity contribution < 1.29 is 5.11 Å². The van der Waals surface area contributed by atoms with E-state index in [1.165, 1.54) is 0 Å². The number of anilines is 2. The first kappa shape index (κ1) is 12.2.